The van der Waals surface area contributed by atoms with Gasteiger partial charge < -0.3 is 15.4 Å². The Kier molecular flexibility index (Phi) is 3.27. The highest BCUT2D eigenvalue weighted by atomic mass is 32.2. The average molecular weight is 248 g/mol. The van der Waals surface area contributed by atoms with Gasteiger partial charge in [-0.2, -0.15) is 0 Å². The first kappa shape index (κ1) is 12.3. The smallest absolute Gasteiger partial charge is 0.152 e. The van der Waals surface area contributed by atoms with Crippen LogP contribution in [0.5, 0.6) is 0 Å². The van der Waals surface area contributed by atoms with Gasteiger partial charge >= 0.3 is 0 Å². The maximum absolute atomic E-state index is 11.3. The monoisotopic (exact) mass is 248 g/mol. The summed E-state index contributed by atoms with van der Waals surface area (Å²) in [6.07, 6.45) is 0. The van der Waals surface area contributed by atoms with Crippen molar-refractivity contribution in [3.8, 4) is 0 Å². The third-order valence-electron chi connectivity index (χ3n) is 3.65. The van der Waals surface area contributed by atoms with Crippen molar-refractivity contribution < 1.29 is 13.2 Å². The third kappa shape index (κ3) is 2.56. The molecule has 2 heterocycles. The molecule has 2 atom stereocenters. The molecule has 0 aromatic carbocycles. The molecule has 0 spiro atoms. The lowest BCUT2D eigenvalue weighted by Crippen LogP contribution is -2.50. The highest BCUT2D eigenvalue weighted by molar-refractivity contribution is 7.91. The van der Waals surface area contributed by atoms with Gasteiger partial charge in [0, 0.05) is 31.1 Å². The Bertz CT molecular complexity index is 343. The van der Waals surface area contributed by atoms with E-state index in [9.17, 15) is 8.42 Å². The molecule has 5 nitrogen and oxygen atoms in total. The first-order valence-electron chi connectivity index (χ1n) is 5.67. The van der Waals surface area contributed by atoms with Crippen molar-refractivity contribution in [1.82, 2.24) is 4.90 Å². The molecule has 2 saturated heterocycles. The normalized spacial score (nSPS) is 40.0. The van der Waals surface area contributed by atoms with Gasteiger partial charge in [0.2, 0.25) is 0 Å². The SMILES string of the molecule is CC1(CN2CCS(=O)(=O)CC2)COCC1N. The molecule has 94 valence electrons. The molecule has 6 heteroatoms. The van der Waals surface area contributed by atoms with Gasteiger partial charge in [0.15, 0.2) is 9.84 Å². The van der Waals surface area contributed by atoms with E-state index in [1.54, 1.807) is 0 Å². The molecule has 2 N–H and O–H groups in total. The van der Waals surface area contributed by atoms with E-state index in [1.165, 1.54) is 0 Å². The van der Waals surface area contributed by atoms with Crippen LogP contribution in [0.25, 0.3) is 0 Å². The number of sulfone groups is 1. The Morgan fingerprint density at radius 1 is 1.44 bits per heavy atom. The van der Waals surface area contributed by atoms with Crippen molar-refractivity contribution in [2.24, 2.45) is 11.1 Å². The maximum atomic E-state index is 11.3. The fraction of sp³-hybridized carbons (Fsp3) is 1.00. The van der Waals surface area contributed by atoms with Crippen LogP contribution in [0.3, 0.4) is 0 Å². The third-order valence-corrected chi connectivity index (χ3v) is 5.26. The van der Waals surface area contributed by atoms with E-state index in [-0.39, 0.29) is 23.0 Å². The number of nitrogens with two attached hydrogens (primary N) is 1. The van der Waals surface area contributed by atoms with Crippen molar-refractivity contribution >= 4 is 9.84 Å². The Morgan fingerprint density at radius 3 is 2.56 bits per heavy atom. The van der Waals surface area contributed by atoms with Gasteiger partial charge in [0.1, 0.15) is 0 Å². The Labute approximate surface area is 96.9 Å². The molecule has 2 fully saturated rings. The van der Waals surface area contributed by atoms with Crippen LogP contribution in [0.2, 0.25) is 0 Å². The molecule has 0 saturated carbocycles. The molecule has 2 aliphatic heterocycles. The number of rotatable bonds is 2. The molecule has 0 aliphatic carbocycles. The van der Waals surface area contributed by atoms with E-state index in [0.29, 0.717) is 26.3 Å². The van der Waals surface area contributed by atoms with E-state index in [0.717, 1.165) is 6.54 Å². The van der Waals surface area contributed by atoms with Gasteiger partial charge in [-0.1, -0.05) is 6.92 Å². The quantitative estimate of drug-likeness (QED) is 0.684. The van der Waals surface area contributed by atoms with Gasteiger partial charge in [-0.3, -0.25) is 0 Å². The molecule has 0 radical (unpaired) electrons. The van der Waals surface area contributed by atoms with Crippen LogP contribution in [0, 0.1) is 5.41 Å². The molecule has 0 amide bonds. The molecule has 0 aromatic rings. The van der Waals surface area contributed by atoms with Gasteiger partial charge in [-0.05, 0) is 0 Å². The van der Waals surface area contributed by atoms with Crippen LogP contribution in [0.1, 0.15) is 6.92 Å². The zero-order valence-corrected chi connectivity index (χ0v) is 10.5. The lowest BCUT2D eigenvalue weighted by molar-refractivity contribution is 0.123. The minimum Gasteiger partial charge on any atom is -0.379 e. The fourth-order valence-corrected chi connectivity index (χ4v) is 3.59. The molecule has 2 rings (SSSR count). The number of hydrogen-bond donors (Lipinski definition) is 1. The topological polar surface area (TPSA) is 72.6 Å². The summed E-state index contributed by atoms with van der Waals surface area (Å²) in [6, 6.07) is 0.0611. The van der Waals surface area contributed by atoms with Crippen LogP contribution in [-0.2, 0) is 14.6 Å². The Balaban J connectivity index is 1.91. The van der Waals surface area contributed by atoms with Crippen molar-refractivity contribution in [1.29, 1.82) is 0 Å². The number of ether oxygens (including phenoxy) is 1. The summed E-state index contributed by atoms with van der Waals surface area (Å²) >= 11 is 0. The molecule has 16 heavy (non-hydrogen) atoms. The van der Waals surface area contributed by atoms with Crippen molar-refractivity contribution in [2.75, 3.05) is 44.4 Å². The minimum absolute atomic E-state index is 0.0267. The van der Waals surface area contributed by atoms with Gasteiger partial charge in [0.05, 0.1) is 24.7 Å². The second kappa shape index (κ2) is 4.25. The molecule has 0 aromatic heterocycles. The lowest BCUT2D eigenvalue weighted by Gasteiger charge is -2.35. The van der Waals surface area contributed by atoms with E-state index < -0.39 is 9.84 Å². The highest BCUT2D eigenvalue weighted by Crippen LogP contribution is 2.28. The van der Waals surface area contributed by atoms with Crippen LogP contribution in [-0.4, -0.2) is 63.7 Å². The maximum Gasteiger partial charge on any atom is 0.152 e. The molecular weight excluding hydrogens is 228 g/mol. The van der Waals surface area contributed by atoms with Crippen molar-refractivity contribution in [3.63, 3.8) is 0 Å². The standard InChI is InChI=1S/C10H20N2O3S/c1-10(8-15-6-9(10)11)7-12-2-4-16(13,14)5-3-12/h9H,2-8,11H2,1H3. The summed E-state index contributed by atoms with van der Waals surface area (Å²) in [7, 11) is -2.79. The van der Waals surface area contributed by atoms with E-state index in [1.807, 2.05) is 0 Å². The summed E-state index contributed by atoms with van der Waals surface area (Å²) in [6.45, 7) is 5.51. The van der Waals surface area contributed by atoms with Crippen LogP contribution in [0.15, 0.2) is 0 Å². The van der Waals surface area contributed by atoms with E-state index in [4.69, 9.17) is 10.5 Å². The predicted molar refractivity (Wildman–Crippen MR) is 62.0 cm³/mol. The zero-order valence-electron chi connectivity index (χ0n) is 9.68. The molecule has 2 aliphatic rings. The molecular formula is C10H20N2O3S. The van der Waals surface area contributed by atoms with Gasteiger partial charge in [-0.25, -0.2) is 8.42 Å². The summed E-state index contributed by atoms with van der Waals surface area (Å²) in [4.78, 5) is 2.19. The minimum atomic E-state index is -2.79. The van der Waals surface area contributed by atoms with Gasteiger partial charge in [-0.15, -0.1) is 0 Å². The van der Waals surface area contributed by atoms with E-state index >= 15 is 0 Å². The number of hydrogen-bond acceptors (Lipinski definition) is 5. The molecule has 2 unspecified atom stereocenters. The van der Waals surface area contributed by atoms with Crippen molar-refractivity contribution in [3.05, 3.63) is 0 Å². The predicted octanol–water partition coefficient (Wildman–Crippen LogP) is -0.919. The Morgan fingerprint density at radius 2 is 2.06 bits per heavy atom. The first-order chi connectivity index (χ1) is 7.41. The van der Waals surface area contributed by atoms with Gasteiger partial charge in [0.25, 0.3) is 0 Å². The molecule has 0 bridgehead atoms. The highest BCUT2D eigenvalue weighted by Gasteiger charge is 2.39. The summed E-state index contributed by atoms with van der Waals surface area (Å²) in [5.41, 5.74) is 5.99. The second-order valence-electron chi connectivity index (χ2n) is 5.20. The fourth-order valence-electron chi connectivity index (χ4n) is 2.31. The largest absolute Gasteiger partial charge is 0.379 e. The first-order valence-corrected chi connectivity index (χ1v) is 7.50. The summed E-state index contributed by atoms with van der Waals surface area (Å²) in [5.74, 6) is 0.554. The lowest BCUT2D eigenvalue weighted by atomic mass is 9.85. The van der Waals surface area contributed by atoms with Crippen LogP contribution < -0.4 is 5.73 Å². The number of nitrogens with zero attached hydrogens (tertiary/aromatic N) is 1. The summed E-state index contributed by atoms with van der Waals surface area (Å²) < 4.78 is 28.0. The zero-order chi connectivity index (χ0) is 11.8. The Hall–Kier alpha value is -0.170. The average Bonchev–Trinajstić information content (AvgIpc) is 2.51. The van der Waals surface area contributed by atoms with E-state index in [2.05, 4.69) is 11.8 Å². The van der Waals surface area contributed by atoms with Crippen molar-refractivity contribution in [2.45, 2.75) is 13.0 Å². The van der Waals surface area contributed by atoms with Crippen LogP contribution in [0.4, 0.5) is 0 Å². The second-order valence-corrected chi connectivity index (χ2v) is 7.51. The van der Waals surface area contributed by atoms with Crippen LogP contribution >= 0.6 is 0 Å². The summed E-state index contributed by atoms with van der Waals surface area (Å²) in [5, 5.41) is 0.